The molecule has 0 aliphatic carbocycles. The number of fused-ring (bicyclic) bond motifs is 2. The largest absolute Gasteiger partial charge is 0.485 e. The van der Waals surface area contributed by atoms with Gasteiger partial charge in [-0.2, -0.15) is 0 Å². The van der Waals surface area contributed by atoms with E-state index >= 15 is 0 Å². The van der Waals surface area contributed by atoms with Crippen LogP contribution >= 0.6 is 11.3 Å². The maximum Gasteiger partial charge on any atom is 0.273 e. The number of carbonyl (C=O) groups excluding carboxylic acids is 1. The highest BCUT2D eigenvalue weighted by Crippen LogP contribution is 2.34. The van der Waals surface area contributed by atoms with Crippen molar-refractivity contribution in [2.75, 3.05) is 38.7 Å². The van der Waals surface area contributed by atoms with Crippen LogP contribution in [0, 0.1) is 6.92 Å². The van der Waals surface area contributed by atoms with Crippen LogP contribution in [0.4, 0.5) is 5.13 Å². The molecule has 1 aliphatic rings. The van der Waals surface area contributed by atoms with Gasteiger partial charge in [-0.15, -0.1) is 0 Å². The highest BCUT2D eigenvalue weighted by Gasteiger charge is 2.33. The normalized spacial score (nSPS) is 15.8. The highest BCUT2D eigenvalue weighted by atomic mass is 32.1. The fourth-order valence-electron chi connectivity index (χ4n) is 3.14. The molecule has 0 saturated heterocycles. The number of nitrogens with one attached hydrogen (secondary N) is 1. The van der Waals surface area contributed by atoms with Crippen LogP contribution in [0.15, 0.2) is 42.5 Å². The number of quaternary nitrogens is 1. The lowest BCUT2D eigenvalue weighted by atomic mass is 10.2. The third-order valence-corrected chi connectivity index (χ3v) is 5.77. The van der Waals surface area contributed by atoms with Crippen molar-refractivity contribution in [3.05, 3.63) is 48.0 Å². The molecule has 0 spiro atoms. The summed E-state index contributed by atoms with van der Waals surface area (Å²) in [5.41, 5.74) is 2.06. The number of benzene rings is 2. The zero-order chi connectivity index (χ0) is 19.7. The van der Waals surface area contributed by atoms with Crippen LogP contribution in [-0.2, 0) is 4.79 Å². The topological polar surface area (TPSA) is 56.1 Å². The molecule has 1 atom stereocenters. The van der Waals surface area contributed by atoms with Crippen LogP contribution in [0.5, 0.6) is 11.5 Å². The van der Waals surface area contributed by atoms with Gasteiger partial charge < -0.3 is 14.4 Å². The predicted octanol–water partition coefficient (Wildman–Crippen LogP) is 1.92. The first-order valence-corrected chi connectivity index (χ1v) is 10.2. The Bertz CT molecular complexity index is 1000. The summed E-state index contributed by atoms with van der Waals surface area (Å²) >= 11 is 1.54. The van der Waals surface area contributed by atoms with Gasteiger partial charge in [0.25, 0.3) is 5.91 Å². The molecule has 2 heterocycles. The average Bonchev–Trinajstić information content (AvgIpc) is 3.12. The summed E-state index contributed by atoms with van der Waals surface area (Å²) in [6.45, 7) is 3.62. The summed E-state index contributed by atoms with van der Waals surface area (Å²) < 4.78 is 12.8. The van der Waals surface area contributed by atoms with E-state index in [9.17, 15) is 4.79 Å². The molecule has 1 amide bonds. The number of hydrogen-bond acceptors (Lipinski definition) is 5. The van der Waals surface area contributed by atoms with E-state index in [1.165, 1.54) is 16.2 Å². The number of aryl methyl sites for hydroxylation is 1. The van der Waals surface area contributed by atoms with Gasteiger partial charge in [0.1, 0.15) is 6.61 Å². The van der Waals surface area contributed by atoms with Crippen LogP contribution < -0.4 is 19.3 Å². The second-order valence-electron chi connectivity index (χ2n) is 7.23. The Labute approximate surface area is 168 Å². The summed E-state index contributed by atoms with van der Waals surface area (Å²) in [6, 6.07) is 13.5. The minimum atomic E-state index is -0.680. The van der Waals surface area contributed by atoms with Gasteiger partial charge in [-0.25, -0.2) is 4.98 Å². The fraction of sp³-hybridized carbons (Fsp3) is 0.333. The number of anilines is 1. The lowest BCUT2D eigenvalue weighted by Crippen LogP contribution is -3.06. The molecule has 0 bridgehead atoms. The predicted molar refractivity (Wildman–Crippen MR) is 111 cm³/mol. The maximum absolute atomic E-state index is 13.4. The quantitative estimate of drug-likeness (QED) is 0.714. The molecule has 1 N–H and O–H groups in total. The number of thiazole rings is 1. The molecule has 2 aromatic carbocycles. The third-order valence-electron chi connectivity index (χ3n) is 4.73. The lowest BCUT2D eigenvalue weighted by molar-refractivity contribution is -0.856. The van der Waals surface area contributed by atoms with E-state index in [4.69, 9.17) is 14.5 Å². The molecule has 0 fully saturated rings. The minimum absolute atomic E-state index is 0.118. The summed E-state index contributed by atoms with van der Waals surface area (Å²) in [6.07, 6.45) is -0.680. The molecule has 7 heteroatoms. The Morgan fingerprint density at radius 1 is 1.21 bits per heavy atom. The Morgan fingerprint density at radius 2 is 2.00 bits per heavy atom. The molecule has 146 valence electrons. The Balaban J connectivity index is 1.63. The summed E-state index contributed by atoms with van der Waals surface area (Å²) in [7, 11) is 4.14. The Kier molecular flexibility index (Phi) is 5.19. The van der Waals surface area contributed by atoms with E-state index in [0.717, 1.165) is 22.3 Å². The van der Waals surface area contributed by atoms with Crippen LogP contribution in [0.1, 0.15) is 5.56 Å². The number of ether oxygens (including phenoxy) is 2. The van der Waals surface area contributed by atoms with E-state index in [1.807, 2.05) is 49.4 Å². The van der Waals surface area contributed by atoms with E-state index < -0.39 is 6.10 Å². The number of carbonyl (C=O) groups is 1. The van der Waals surface area contributed by atoms with E-state index in [1.54, 1.807) is 4.90 Å². The fourth-order valence-corrected chi connectivity index (χ4v) is 4.22. The molecule has 6 nitrogen and oxygen atoms in total. The molecular formula is C21H24N3O3S+. The van der Waals surface area contributed by atoms with Gasteiger partial charge in [0.05, 0.1) is 37.4 Å². The third kappa shape index (κ3) is 3.68. The SMILES string of the molecule is Cc1cccc2sc(N(CC[NH+](C)C)C(=O)[C@H]3COc4ccccc4O3)nc12. The first-order valence-electron chi connectivity index (χ1n) is 9.38. The first-order chi connectivity index (χ1) is 13.5. The van der Waals surface area contributed by atoms with Gasteiger partial charge in [0.2, 0.25) is 6.10 Å². The Hall–Kier alpha value is -2.64. The van der Waals surface area contributed by atoms with Gasteiger partial charge >= 0.3 is 0 Å². The van der Waals surface area contributed by atoms with Crippen molar-refractivity contribution in [3.8, 4) is 11.5 Å². The van der Waals surface area contributed by atoms with Crippen molar-refractivity contribution < 1.29 is 19.2 Å². The van der Waals surface area contributed by atoms with Gasteiger partial charge in [0, 0.05) is 0 Å². The first kappa shape index (κ1) is 18.7. The van der Waals surface area contributed by atoms with Gasteiger partial charge in [0.15, 0.2) is 16.6 Å². The number of rotatable bonds is 5. The molecule has 0 saturated carbocycles. The van der Waals surface area contributed by atoms with Crippen molar-refractivity contribution in [3.63, 3.8) is 0 Å². The Morgan fingerprint density at radius 3 is 2.75 bits per heavy atom. The number of hydrogen-bond donors (Lipinski definition) is 1. The van der Waals surface area contributed by atoms with Gasteiger partial charge in [-0.3, -0.25) is 9.69 Å². The van der Waals surface area contributed by atoms with Crippen LogP contribution in [-0.4, -0.2) is 50.8 Å². The van der Waals surface area contributed by atoms with Gasteiger partial charge in [-0.1, -0.05) is 35.6 Å². The number of likely N-dealkylation sites (N-methyl/N-ethyl adjacent to an activating group) is 1. The van der Waals surface area contributed by atoms with Gasteiger partial charge in [-0.05, 0) is 30.7 Å². The molecule has 1 aliphatic heterocycles. The van der Waals surface area contributed by atoms with Crippen molar-refractivity contribution >= 4 is 32.6 Å². The van der Waals surface area contributed by atoms with Crippen LogP contribution in [0.3, 0.4) is 0 Å². The molecule has 0 unspecified atom stereocenters. The van der Waals surface area contributed by atoms with Crippen LogP contribution in [0.25, 0.3) is 10.2 Å². The number of aromatic nitrogens is 1. The van der Waals surface area contributed by atoms with E-state index in [-0.39, 0.29) is 12.5 Å². The van der Waals surface area contributed by atoms with Crippen molar-refractivity contribution in [2.45, 2.75) is 13.0 Å². The minimum Gasteiger partial charge on any atom is -0.485 e. The number of para-hydroxylation sites is 3. The average molecular weight is 399 g/mol. The van der Waals surface area contributed by atoms with Crippen LogP contribution in [0.2, 0.25) is 0 Å². The maximum atomic E-state index is 13.4. The highest BCUT2D eigenvalue weighted by molar-refractivity contribution is 7.22. The van der Waals surface area contributed by atoms with E-state index in [2.05, 4.69) is 14.1 Å². The molecule has 4 rings (SSSR count). The molecule has 28 heavy (non-hydrogen) atoms. The standard InChI is InChI=1S/C21H23N3O3S/c1-14-7-6-10-18-19(14)22-21(28-18)24(12-11-23(2)3)20(25)17-13-26-15-8-4-5-9-16(15)27-17/h4-10,17H,11-13H2,1-3H3/p+1/t17-/m1/s1. The zero-order valence-corrected chi connectivity index (χ0v) is 17.1. The zero-order valence-electron chi connectivity index (χ0n) is 16.3. The number of nitrogens with zero attached hydrogens (tertiary/aromatic N) is 2. The van der Waals surface area contributed by atoms with Crippen molar-refractivity contribution in [1.29, 1.82) is 0 Å². The smallest absolute Gasteiger partial charge is 0.273 e. The second-order valence-corrected chi connectivity index (χ2v) is 8.24. The van der Waals surface area contributed by atoms with Crippen molar-refractivity contribution in [2.24, 2.45) is 0 Å². The van der Waals surface area contributed by atoms with E-state index in [0.29, 0.717) is 23.2 Å². The summed E-state index contributed by atoms with van der Waals surface area (Å²) in [4.78, 5) is 21.1. The summed E-state index contributed by atoms with van der Waals surface area (Å²) in [5, 5.41) is 0.706. The second kappa shape index (κ2) is 7.77. The van der Waals surface area contributed by atoms with Crippen molar-refractivity contribution in [1.82, 2.24) is 4.98 Å². The molecule has 0 radical (unpaired) electrons. The molecule has 3 aromatic rings. The summed E-state index contributed by atoms with van der Waals surface area (Å²) in [5.74, 6) is 1.16. The number of amides is 1. The lowest BCUT2D eigenvalue weighted by Gasteiger charge is -2.29. The molecular weight excluding hydrogens is 374 g/mol. The molecule has 1 aromatic heterocycles. The monoisotopic (exact) mass is 398 g/mol.